The van der Waals surface area contributed by atoms with Gasteiger partial charge in [0.25, 0.3) is 5.91 Å². The largest absolute Gasteiger partial charge is 0.477 e. The van der Waals surface area contributed by atoms with Gasteiger partial charge in [-0.05, 0) is 31.9 Å². The van der Waals surface area contributed by atoms with Gasteiger partial charge in [-0.1, -0.05) is 43.0 Å². The van der Waals surface area contributed by atoms with Gasteiger partial charge in [0.2, 0.25) is 5.88 Å². The minimum absolute atomic E-state index is 0.303. The fourth-order valence-electron chi connectivity index (χ4n) is 2.43. The molecule has 0 fully saturated rings. The minimum atomic E-state index is -0.561. The molecule has 1 amide bonds. The second kappa shape index (κ2) is 9.37. The summed E-state index contributed by atoms with van der Waals surface area (Å²) >= 11 is 0. The van der Waals surface area contributed by atoms with Gasteiger partial charge in [-0.15, -0.1) is 0 Å². The number of nitrogens with zero attached hydrogens (tertiary/aromatic N) is 1. The first-order valence-electron chi connectivity index (χ1n) is 8.17. The first-order valence-corrected chi connectivity index (χ1v) is 8.17. The van der Waals surface area contributed by atoms with Crippen LogP contribution < -0.4 is 5.32 Å². The number of nitrogens with one attached hydrogen (secondary N) is 1. The van der Waals surface area contributed by atoms with Gasteiger partial charge in [0.05, 0.1) is 12.6 Å². The Hall–Kier alpha value is -2.95. The lowest BCUT2D eigenvalue weighted by molar-refractivity contribution is -0.109. The maximum absolute atomic E-state index is 12.6. The fourth-order valence-corrected chi connectivity index (χ4v) is 2.43. The Balaban J connectivity index is 2.45. The fraction of sp³-hybridized carbons (Fsp3) is 0.250. The van der Waals surface area contributed by atoms with Crippen molar-refractivity contribution in [1.82, 2.24) is 5.32 Å². The van der Waals surface area contributed by atoms with Gasteiger partial charge < -0.3 is 14.8 Å². The topological polar surface area (TPSA) is 67.8 Å². The Morgan fingerprint density at radius 2 is 2.04 bits per heavy atom. The average molecular weight is 338 g/mol. The molecule has 0 radical (unpaired) electrons. The molecule has 1 aromatic carbocycles. The second-order valence-corrected chi connectivity index (χ2v) is 5.54. The molecule has 0 spiro atoms. The first kappa shape index (κ1) is 18.4. The predicted octanol–water partition coefficient (Wildman–Crippen LogP) is 3.19. The summed E-state index contributed by atoms with van der Waals surface area (Å²) in [4.78, 5) is 28.3. The zero-order chi connectivity index (χ0) is 18.1. The summed E-state index contributed by atoms with van der Waals surface area (Å²) in [5.74, 6) is 0.141. The summed E-state index contributed by atoms with van der Waals surface area (Å²) in [5.41, 5.74) is 1.81. The molecule has 1 aliphatic rings. The van der Waals surface area contributed by atoms with Crippen LogP contribution in [0.1, 0.15) is 35.7 Å². The number of fused-ring (bicyclic) bond motifs is 1. The number of rotatable bonds is 2. The van der Waals surface area contributed by atoms with Crippen LogP contribution in [0.5, 0.6) is 0 Å². The van der Waals surface area contributed by atoms with Crippen LogP contribution in [0, 0.1) is 0 Å². The molecule has 1 aromatic rings. The van der Waals surface area contributed by atoms with Crippen LogP contribution in [0.2, 0.25) is 0 Å². The van der Waals surface area contributed by atoms with E-state index < -0.39 is 6.04 Å². The molecule has 1 heterocycles. The molecule has 1 N–H and O–H groups in total. The number of ether oxygens (including phenoxy) is 1. The van der Waals surface area contributed by atoms with Crippen molar-refractivity contribution in [2.75, 3.05) is 6.61 Å². The van der Waals surface area contributed by atoms with Gasteiger partial charge in [0.15, 0.2) is 0 Å². The van der Waals surface area contributed by atoms with E-state index in [4.69, 9.17) is 4.74 Å². The predicted molar refractivity (Wildman–Crippen MR) is 98.6 cm³/mol. The third-order valence-corrected chi connectivity index (χ3v) is 3.67. The highest BCUT2D eigenvalue weighted by atomic mass is 16.5. The van der Waals surface area contributed by atoms with E-state index in [0.29, 0.717) is 42.2 Å². The summed E-state index contributed by atoms with van der Waals surface area (Å²) in [6.07, 6.45) is 8.96. The van der Waals surface area contributed by atoms with Crippen LogP contribution in [-0.4, -0.2) is 30.6 Å². The number of benzene rings is 1. The number of aldehydes is 1. The van der Waals surface area contributed by atoms with Crippen molar-refractivity contribution >= 4 is 17.9 Å². The average Bonchev–Trinajstić information content (AvgIpc) is 2.62. The van der Waals surface area contributed by atoms with Crippen molar-refractivity contribution in [1.29, 1.82) is 0 Å². The van der Waals surface area contributed by atoms with Crippen LogP contribution in [0.25, 0.3) is 0 Å². The van der Waals surface area contributed by atoms with Gasteiger partial charge in [-0.2, -0.15) is 0 Å². The number of amides is 1. The highest BCUT2D eigenvalue weighted by Crippen LogP contribution is 2.14. The summed E-state index contributed by atoms with van der Waals surface area (Å²) in [5, 5.41) is 2.76. The first-order chi connectivity index (χ1) is 12.2. The van der Waals surface area contributed by atoms with Crippen molar-refractivity contribution in [2.24, 2.45) is 4.99 Å². The molecule has 0 bridgehead atoms. The Kier molecular flexibility index (Phi) is 6.89. The highest BCUT2D eigenvalue weighted by Gasteiger charge is 2.16. The number of hydrogen-bond donors (Lipinski definition) is 1. The molecule has 0 aromatic heterocycles. The van der Waals surface area contributed by atoms with Crippen LogP contribution in [-0.2, 0) is 9.53 Å². The number of carbonyl (C=O) groups is 2. The molecule has 2 rings (SSSR count). The highest BCUT2D eigenvalue weighted by molar-refractivity contribution is 6.10. The third-order valence-electron chi connectivity index (χ3n) is 3.67. The van der Waals surface area contributed by atoms with E-state index in [-0.39, 0.29) is 5.91 Å². The molecular weight excluding hydrogens is 316 g/mol. The standard InChI is InChI=1S/C20H22N2O3/c1-3-9-19-21-15(2)17-11-6-7-12-18(17)20(24)22-16(14-23)10-5-4-8-13-25-19/h3-7,9,11-12,14,16H,1,8,10,13H2,2H3,(H,22,24)/b5-4-,19-9+,21-15+. The van der Waals surface area contributed by atoms with E-state index in [1.165, 1.54) is 0 Å². The lowest BCUT2D eigenvalue weighted by atomic mass is 10.0. The van der Waals surface area contributed by atoms with Crippen molar-refractivity contribution < 1.29 is 14.3 Å². The van der Waals surface area contributed by atoms with Gasteiger partial charge in [0, 0.05) is 16.8 Å². The molecule has 130 valence electrons. The third kappa shape index (κ3) is 5.28. The Labute approximate surface area is 147 Å². The zero-order valence-electron chi connectivity index (χ0n) is 14.3. The molecular formula is C20H22N2O3. The smallest absolute Gasteiger partial charge is 0.252 e. The van der Waals surface area contributed by atoms with Crippen molar-refractivity contribution in [3.05, 3.63) is 72.2 Å². The normalized spacial score (nSPS) is 23.9. The van der Waals surface area contributed by atoms with E-state index in [0.717, 1.165) is 6.29 Å². The maximum atomic E-state index is 12.6. The minimum Gasteiger partial charge on any atom is -0.477 e. The molecule has 25 heavy (non-hydrogen) atoms. The van der Waals surface area contributed by atoms with E-state index in [1.54, 1.807) is 24.3 Å². The van der Waals surface area contributed by atoms with E-state index in [1.807, 2.05) is 31.2 Å². The van der Waals surface area contributed by atoms with Crippen molar-refractivity contribution in [3.8, 4) is 0 Å². The molecule has 1 aliphatic heterocycles. The van der Waals surface area contributed by atoms with Gasteiger partial charge >= 0.3 is 0 Å². The molecule has 1 atom stereocenters. The molecule has 5 heteroatoms. The molecule has 5 nitrogen and oxygen atoms in total. The lowest BCUT2D eigenvalue weighted by Crippen LogP contribution is -2.36. The van der Waals surface area contributed by atoms with Crippen molar-refractivity contribution in [3.63, 3.8) is 0 Å². The van der Waals surface area contributed by atoms with Gasteiger partial charge in [0.1, 0.15) is 6.29 Å². The van der Waals surface area contributed by atoms with E-state index >= 15 is 0 Å². The van der Waals surface area contributed by atoms with Gasteiger partial charge in [-0.25, -0.2) is 4.99 Å². The van der Waals surface area contributed by atoms with Gasteiger partial charge in [-0.3, -0.25) is 4.79 Å². The number of aliphatic imine (C=N–C) groups is 1. The number of carbonyl (C=O) groups excluding carboxylic acids is 2. The Morgan fingerprint density at radius 1 is 1.28 bits per heavy atom. The van der Waals surface area contributed by atoms with Crippen LogP contribution >= 0.6 is 0 Å². The zero-order valence-corrected chi connectivity index (χ0v) is 14.3. The number of allylic oxidation sites excluding steroid dienone is 2. The van der Waals surface area contributed by atoms with E-state index in [2.05, 4.69) is 16.9 Å². The van der Waals surface area contributed by atoms with E-state index in [9.17, 15) is 9.59 Å². The summed E-state index contributed by atoms with van der Waals surface area (Å²) in [7, 11) is 0. The molecule has 0 saturated carbocycles. The Bertz CT molecular complexity index is 732. The summed E-state index contributed by atoms with van der Waals surface area (Å²) < 4.78 is 5.67. The molecule has 0 saturated heterocycles. The van der Waals surface area contributed by atoms with Crippen LogP contribution in [0.15, 0.2) is 66.0 Å². The molecule has 0 aliphatic carbocycles. The number of hydrogen-bond acceptors (Lipinski definition) is 4. The molecule has 1 unspecified atom stereocenters. The van der Waals surface area contributed by atoms with Crippen LogP contribution in [0.3, 0.4) is 0 Å². The SMILES string of the molecule is C=C/C=C1\N=C(/C)c2ccccc2C(=O)NC(C=O)C/C=C\CCO1. The maximum Gasteiger partial charge on any atom is 0.252 e. The summed E-state index contributed by atoms with van der Waals surface area (Å²) in [6.45, 7) is 5.95. The lowest BCUT2D eigenvalue weighted by Gasteiger charge is -2.14. The van der Waals surface area contributed by atoms with Crippen molar-refractivity contribution in [2.45, 2.75) is 25.8 Å². The second-order valence-electron chi connectivity index (χ2n) is 5.54. The summed E-state index contributed by atoms with van der Waals surface area (Å²) in [6, 6.07) is 6.59. The Morgan fingerprint density at radius 3 is 2.76 bits per heavy atom. The van der Waals surface area contributed by atoms with Crippen LogP contribution in [0.4, 0.5) is 0 Å². The quantitative estimate of drug-likeness (QED) is 0.665. The monoisotopic (exact) mass is 338 g/mol.